The molecule has 3 nitrogen and oxygen atoms in total. The molecule has 2 aromatic rings. The summed E-state index contributed by atoms with van der Waals surface area (Å²) in [5.74, 6) is 5.37. The molecule has 3 N–H and O–H groups in total. The molecular weight excluding hydrogens is 335 g/mol. The first-order valence-electron chi connectivity index (χ1n) is 5.99. The summed E-state index contributed by atoms with van der Waals surface area (Å²) in [6.45, 7) is 0. The zero-order valence-electron chi connectivity index (χ0n) is 10.4. The third kappa shape index (κ3) is 3.68. The monoisotopic (exact) mass is 347 g/mol. The van der Waals surface area contributed by atoms with E-state index < -0.39 is 18.6 Å². The summed E-state index contributed by atoms with van der Waals surface area (Å²) < 4.78 is 37.6. The van der Waals surface area contributed by atoms with Crippen LogP contribution in [0.3, 0.4) is 0 Å². The molecule has 1 aromatic carbocycles. The number of pyridine rings is 1. The van der Waals surface area contributed by atoms with E-state index in [2.05, 4.69) is 26.3 Å². The van der Waals surface area contributed by atoms with Crippen molar-refractivity contribution in [3.8, 4) is 0 Å². The molecule has 0 saturated heterocycles. The first-order chi connectivity index (χ1) is 9.40. The zero-order valence-corrected chi connectivity index (χ0v) is 12.0. The highest BCUT2D eigenvalue weighted by molar-refractivity contribution is 9.10. The van der Waals surface area contributed by atoms with E-state index in [0.717, 1.165) is 10.9 Å². The molecule has 0 aliphatic rings. The first kappa shape index (κ1) is 15.2. The van der Waals surface area contributed by atoms with Gasteiger partial charge in [-0.3, -0.25) is 11.3 Å². The highest BCUT2D eigenvalue weighted by Gasteiger charge is 2.29. The van der Waals surface area contributed by atoms with Gasteiger partial charge in [0, 0.05) is 16.3 Å². The number of nitrogens with two attached hydrogens (primary N) is 1. The van der Waals surface area contributed by atoms with Crippen LogP contribution in [0.15, 0.2) is 34.8 Å². The van der Waals surface area contributed by atoms with E-state index in [1.165, 1.54) is 0 Å². The van der Waals surface area contributed by atoms with Gasteiger partial charge in [-0.05, 0) is 34.5 Å². The van der Waals surface area contributed by atoms with Crippen LogP contribution < -0.4 is 11.3 Å². The summed E-state index contributed by atoms with van der Waals surface area (Å²) in [6, 6.07) is 8.57. The number of nitrogens with zero attached hydrogens (tertiary/aromatic N) is 1. The number of hydrogen-bond acceptors (Lipinski definition) is 3. The maximum atomic E-state index is 12.3. The number of aromatic nitrogens is 1. The fourth-order valence-corrected chi connectivity index (χ4v) is 2.57. The third-order valence-electron chi connectivity index (χ3n) is 2.95. The minimum Gasteiger partial charge on any atom is -0.271 e. The third-order valence-corrected chi connectivity index (χ3v) is 3.59. The van der Waals surface area contributed by atoms with E-state index in [0.29, 0.717) is 10.2 Å². The maximum absolute atomic E-state index is 12.3. The molecule has 0 spiro atoms. The molecule has 0 fully saturated rings. The first-order valence-corrected chi connectivity index (χ1v) is 6.78. The Morgan fingerprint density at radius 3 is 2.65 bits per heavy atom. The second-order valence-corrected chi connectivity index (χ2v) is 5.28. The number of hydrazine groups is 1. The number of nitrogens with one attached hydrogen (secondary N) is 1. The molecule has 0 amide bonds. The number of benzene rings is 1. The Hall–Kier alpha value is -1.18. The summed E-state index contributed by atoms with van der Waals surface area (Å²) in [4.78, 5) is 4.39. The van der Waals surface area contributed by atoms with Crippen LogP contribution in [-0.4, -0.2) is 11.2 Å². The lowest BCUT2D eigenvalue weighted by Gasteiger charge is -2.18. The van der Waals surface area contributed by atoms with Crippen molar-refractivity contribution in [3.05, 3.63) is 40.5 Å². The van der Waals surface area contributed by atoms with Crippen molar-refractivity contribution in [2.45, 2.75) is 25.1 Å². The Balaban J connectivity index is 2.31. The molecule has 0 saturated carbocycles. The Bertz CT molecular complexity index is 601. The second-order valence-electron chi connectivity index (χ2n) is 4.42. The van der Waals surface area contributed by atoms with Gasteiger partial charge in [-0.1, -0.05) is 18.2 Å². The van der Waals surface area contributed by atoms with Gasteiger partial charge >= 0.3 is 6.18 Å². The number of alkyl halides is 3. The standard InChI is InChI=1S/C13H13BrF3N3/c14-9-7-8-3-1-2-4-10(8)19-12(9)11(20-18)5-6-13(15,16)17/h1-4,7,11,20H,5-6,18H2. The molecule has 1 aromatic heterocycles. The van der Waals surface area contributed by atoms with Crippen LogP contribution in [0.5, 0.6) is 0 Å². The average Bonchev–Trinajstić information content (AvgIpc) is 2.38. The molecule has 20 heavy (non-hydrogen) atoms. The van der Waals surface area contributed by atoms with Crippen LogP contribution in [0.25, 0.3) is 10.9 Å². The summed E-state index contributed by atoms with van der Waals surface area (Å²) in [7, 11) is 0. The lowest BCUT2D eigenvalue weighted by atomic mass is 10.1. The number of rotatable bonds is 4. The lowest BCUT2D eigenvalue weighted by molar-refractivity contribution is -0.136. The summed E-state index contributed by atoms with van der Waals surface area (Å²) >= 11 is 3.34. The second kappa shape index (κ2) is 6.07. The van der Waals surface area contributed by atoms with Gasteiger partial charge in [0.15, 0.2) is 0 Å². The predicted octanol–water partition coefficient (Wildman–Crippen LogP) is 3.84. The van der Waals surface area contributed by atoms with Crippen molar-refractivity contribution < 1.29 is 13.2 Å². The van der Waals surface area contributed by atoms with Gasteiger partial charge in [0.2, 0.25) is 0 Å². The SMILES string of the molecule is NNC(CCC(F)(F)F)c1nc2ccccc2cc1Br. The highest BCUT2D eigenvalue weighted by Crippen LogP contribution is 2.31. The Morgan fingerprint density at radius 2 is 2.00 bits per heavy atom. The van der Waals surface area contributed by atoms with Gasteiger partial charge < -0.3 is 0 Å². The minimum atomic E-state index is -4.21. The van der Waals surface area contributed by atoms with Gasteiger partial charge in [0.1, 0.15) is 0 Å². The van der Waals surface area contributed by atoms with Gasteiger partial charge in [-0.15, -0.1) is 0 Å². The molecule has 1 atom stereocenters. The fourth-order valence-electron chi connectivity index (χ4n) is 1.96. The summed E-state index contributed by atoms with van der Waals surface area (Å²) in [5, 5.41) is 0.912. The van der Waals surface area contributed by atoms with Gasteiger partial charge in [-0.2, -0.15) is 13.2 Å². The van der Waals surface area contributed by atoms with Crippen molar-refractivity contribution in [2.24, 2.45) is 5.84 Å². The normalized spacial score (nSPS) is 13.7. The van der Waals surface area contributed by atoms with Crippen molar-refractivity contribution in [1.82, 2.24) is 10.4 Å². The van der Waals surface area contributed by atoms with Gasteiger partial charge in [0.05, 0.1) is 17.3 Å². The largest absolute Gasteiger partial charge is 0.389 e. The van der Waals surface area contributed by atoms with Crippen molar-refractivity contribution in [3.63, 3.8) is 0 Å². The van der Waals surface area contributed by atoms with Crippen LogP contribution >= 0.6 is 15.9 Å². The molecule has 7 heteroatoms. The van der Waals surface area contributed by atoms with E-state index in [-0.39, 0.29) is 6.42 Å². The van der Waals surface area contributed by atoms with Crippen LogP contribution in [0.1, 0.15) is 24.6 Å². The Morgan fingerprint density at radius 1 is 1.30 bits per heavy atom. The molecule has 108 valence electrons. The van der Waals surface area contributed by atoms with Crippen LogP contribution in [0.4, 0.5) is 13.2 Å². The average molecular weight is 348 g/mol. The Kier molecular flexibility index (Phi) is 4.62. The number of fused-ring (bicyclic) bond motifs is 1. The van der Waals surface area contributed by atoms with Gasteiger partial charge in [0.25, 0.3) is 0 Å². The molecular formula is C13H13BrF3N3. The molecule has 2 rings (SSSR count). The number of para-hydroxylation sites is 1. The zero-order chi connectivity index (χ0) is 14.8. The van der Waals surface area contributed by atoms with E-state index in [9.17, 15) is 13.2 Å². The predicted molar refractivity (Wildman–Crippen MR) is 74.8 cm³/mol. The summed E-state index contributed by atoms with van der Waals surface area (Å²) in [6.07, 6.45) is -5.29. The summed E-state index contributed by atoms with van der Waals surface area (Å²) in [5.41, 5.74) is 3.61. The fraction of sp³-hybridized carbons (Fsp3) is 0.308. The molecule has 0 bridgehead atoms. The van der Waals surface area contributed by atoms with Crippen molar-refractivity contribution in [1.29, 1.82) is 0 Å². The highest BCUT2D eigenvalue weighted by atomic mass is 79.9. The van der Waals surface area contributed by atoms with Crippen molar-refractivity contribution in [2.75, 3.05) is 0 Å². The minimum absolute atomic E-state index is 0.163. The molecule has 1 heterocycles. The van der Waals surface area contributed by atoms with Crippen LogP contribution in [-0.2, 0) is 0 Å². The van der Waals surface area contributed by atoms with Gasteiger partial charge in [-0.25, -0.2) is 4.98 Å². The molecule has 0 aliphatic heterocycles. The molecule has 0 aliphatic carbocycles. The number of halogens is 4. The van der Waals surface area contributed by atoms with E-state index in [1.807, 2.05) is 30.3 Å². The molecule has 0 radical (unpaired) electrons. The van der Waals surface area contributed by atoms with Crippen LogP contribution in [0.2, 0.25) is 0 Å². The maximum Gasteiger partial charge on any atom is 0.389 e. The van der Waals surface area contributed by atoms with E-state index in [4.69, 9.17) is 5.84 Å². The topological polar surface area (TPSA) is 50.9 Å². The van der Waals surface area contributed by atoms with E-state index in [1.54, 1.807) is 0 Å². The van der Waals surface area contributed by atoms with Crippen LogP contribution in [0, 0.1) is 0 Å². The Labute approximate surface area is 122 Å². The van der Waals surface area contributed by atoms with E-state index >= 15 is 0 Å². The number of hydrogen-bond donors (Lipinski definition) is 2. The molecule has 1 unspecified atom stereocenters. The lowest BCUT2D eigenvalue weighted by Crippen LogP contribution is -2.30. The van der Waals surface area contributed by atoms with Crippen molar-refractivity contribution >= 4 is 26.8 Å². The smallest absolute Gasteiger partial charge is 0.271 e. The quantitative estimate of drug-likeness (QED) is 0.652.